The average Bonchev–Trinajstić information content (AvgIpc) is 2.85. The molecule has 2 aliphatic rings. The Kier molecular flexibility index (Phi) is 5.42. The fraction of sp³-hybridized carbons (Fsp3) is 1.00. The van der Waals surface area contributed by atoms with Crippen LogP contribution < -0.4 is 5.73 Å². The number of likely N-dealkylation sites (N-methyl/N-ethyl adjacent to an activating group) is 1. The van der Waals surface area contributed by atoms with Crippen LogP contribution in [0.5, 0.6) is 0 Å². The molecule has 0 aromatic rings. The summed E-state index contributed by atoms with van der Waals surface area (Å²) in [5.74, 6) is 1.43. The fourth-order valence-electron chi connectivity index (χ4n) is 3.16. The lowest BCUT2D eigenvalue weighted by molar-refractivity contribution is 0.155. The van der Waals surface area contributed by atoms with E-state index in [1.165, 1.54) is 32.5 Å². The third-order valence-electron chi connectivity index (χ3n) is 4.50. The molecule has 2 fully saturated rings. The summed E-state index contributed by atoms with van der Waals surface area (Å²) >= 11 is 0. The van der Waals surface area contributed by atoms with Crippen LogP contribution in [0.15, 0.2) is 0 Å². The van der Waals surface area contributed by atoms with Crippen LogP contribution in [0.3, 0.4) is 0 Å². The molecule has 0 radical (unpaired) electrons. The van der Waals surface area contributed by atoms with Crippen molar-refractivity contribution in [2.75, 3.05) is 53.5 Å². The van der Waals surface area contributed by atoms with E-state index in [1.807, 2.05) is 0 Å². The van der Waals surface area contributed by atoms with E-state index in [0.717, 1.165) is 32.1 Å². The predicted octanol–water partition coefficient (Wildman–Crippen LogP) is 0.624. The van der Waals surface area contributed by atoms with E-state index in [0.29, 0.717) is 5.92 Å². The van der Waals surface area contributed by atoms with E-state index in [9.17, 15) is 0 Å². The van der Waals surface area contributed by atoms with Gasteiger partial charge in [0.1, 0.15) is 0 Å². The number of piperidine rings is 1. The van der Waals surface area contributed by atoms with Gasteiger partial charge in [0.2, 0.25) is 0 Å². The second-order valence-corrected chi connectivity index (χ2v) is 6.26. The van der Waals surface area contributed by atoms with Crippen molar-refractivity contribution in [2.24, 2.45) is 17.6 Å². The molecule has 2 N–H and O–H groups in total. The largest absolute Gasteiger partial charge is 0.381 e. The van der Waals surface area contributed by atoms with Crippen LogP contribution >= 0.6 is 0 Å². The number of hydrogen-bond acceptors (Lipinski definition) is 4. The average molecular weight is 255 g/mol. The van der Waals surface area contributed by atoms with Gasteiger partial charge in [0.25, 0.3) is 0 Å². The third kappa shape index (κ3) is 4.19. The molecule has 2 saturated heterocycles. The zero-order valence-electron chi connectivity index (χ0n) is 12.0. The minimum Gasteiger partial charge on any atom is -0.381 e. The van der Waals surface area contributed by atoms with Gasteiger partial charge in [-0.3, -0.25) is 0 Å². The molecule has 0 aromatic carbocycles. The monoisotopic (exact) mass is 255 g/mol. The highest BCUT2D eigenvalue weighted by Gasteiger charge is 2.25. The molecule has 18 heavy (non-hydrogen) atoms. The SMILES string of the molecule is CN1CCC(CN(C)CC(N)C2CCOC2)CC1. The summed E-state index contributed by atoms with van der Waals surface area (Å²) in [4.78, 5) is 4.86. The zero-order chi connectivity index (χ0) is 13.0. The van der Waals surface area contributed by atoms with Crippen LogP contribution in [0.2, 0.25) is 0 Å². The van der Waals surface area contributed by atoms with E-state index in [2.05, 4.69) is 23.9 Å². The van der Waals surface area contributed by atoms with Crippen LogP contribution in [0.1, 0.15) is 19.3 Å². The van der Waals surface area contributed by atoms with Gasteiger partial charge >= 0.3 is 0 Å². The molecule has 2 rings (SSSR count). The maximum atomic E-state index is 6.28. The van der Waals surface area contributed by atoms with E-state index in [1.54, 1.807) is 0 Å². The van der Waals surface area contributed by atoms with Gasteiger partial charge in [-0.15, -0.1) is 0 Å². The van der Waals surface area contributed by atoms with Gasteiger partial charge in [-0.1, -0.05) is 0 Å². The maximum Gasteiger partial charge on any atom is 0.0510 e. The van der Waals surface area contributed by atoms with Crippen molar-refractivity contribution in [3.63, 3.8) is 0 Å². The molecular weight excluding hydrogens is 226 g/mol. The number of rotatable bonds is 5. The smallest absolute Gasteiger partial charge is 0.0510 e. The van der Waals surface area contributed by atoms with Crippen LogP contribution in [-0.4, -0.2) is 69.3 Å². The molecule has 0 aromatic heterocycles. The second-order valence-electron chi connectivity index (χ2n) is 6.26. The lowest BCUT2D eigenvalue weighted by Crippen LogP contribution is -2.43. The highest BCUT2D eigenvalue weighted by atomic mass is 16.5. The summed E-state index contributed by atoms with van der Waals surface area (Å²) in [5, 5.41) is 0. The van der Waals surface area contributed by atoms with Gasteiger partial charge in [-0.2, -0.15) is 0 Å². The van der Waals surface area contributed by atoms with Gasteiger partial charge in [0, 0.05) is 31.7 Å². The Labute approximate surface area is 111 Å². The van der Waals surface area contributed by atoms with Gasteiger partial charge in [-0.25, -0.2) is 0 Å². The van der Waals surface area contributed by atoms with Gasteiger partial charge in [0.05, 0.1) is 6.61 Å². The molecule has 2 atom stereocenters. The summed E-state index contributed by atoms with van der Waals surface area (Å²) < 4.78 is 5.42. The number of hydrogen-bond donors (Lipinski definition) is 1. The summed E-state index contributed by atoms with van der Waals surface area (Å²) in [6, 6.07) is 0.281. The lowest BCUT2D eigenvalue weighted by atomic mass is 9.95. The Hall–Kier alpha value is -0.160. The minimum absolute atomic E-state index is 0.281. The highest BCUT2D eigenvalue weighted by Crippen LogP contribution is 2.19. The van der Waals surface area contributed by atoms with Gasteiger partial charge in [-0.05, 0) is 52.4 Å². The molecule has 0 spiro atoms. The summed E-state index contributed by atoms with van der Waals surface area (Å²) in [5.41, 5.74) is 6.28. The molecule has 106 valence electrons. The van der Waals surface area contributed by atoms with Crippen LogP contribution in [0.25, 0.3) is 0 Å². The first-order valence-electron chi connectivity index (χ1n) is 7.35. The molecule has 0 aliphatic carbocycles. The Morgan fingerprint density at radius 1 is 1.33 bits per heavy atom. The van der Waals surface area contributed by atoms with Crippen LogP contribution in [0, 0.1) is 11.8 Å². The molecule has 0 amide bonds. The second kappa shape index (κ2) is 6.85. The lowest BCUT2D eigenvalue weighted by Gasteiger charge is -2.33. The van der Waals surface area contributed by atoms with E-state index in [4.69, 9.17) is 10.5 Å². The standard InChI is InChI=1S/C14H29N3O/c1-16-6-3-12(4-7-16)9-17(2)10-14(15)13-5-8-18-11-13/h12-14H,3-11,15H2,1-2H3. The van der Waals surface area contributed by atoms with Crippen molar-refractivity contribution in [1.82, 2.24) is 9.80 Å². The summed E-state index contributed by atoms with van der Waals surface area (Å²) in [6.07, 6.45) is 3.81. The maximum absolute atomic E-state index is 6.28. The molecule has 0 saturated carbocycles. The van der Waals surface area contributed by atoms with Gasteiger partial charge < -0.3 is 20.3 Å². The molecule has 2 unspecified atom stereocenters. The van der Waals surface area contributed by atoms with E-state index in [-0.39, 0.29) is 6.04 Å². The Bertz CT molecular complexity index is 235. The number of likely N-dealkylation sites (tertiary alicyclic amines) is 1. The van der Waals surface area contributed by atoms with Gasteiger partial charge in [0.15, 0.2) is 0 Å². The van der Waals surface area contributed by atoms with E-state index < -0.39 is 0 Å². The Balaban J connectivity index is 1.66. The van der Waals surface area contributed by atoms with Crippen LogP contribution in [0.4, 0.5) is 0 Å². The zero-order valence-corrected chi connectivity index (χ0v) is 12.0. The normalized spacial score (nSPS) is 29.0. The molecular formula is C14H29N3O. The summed E-state index contributed by atoms with van der Waals surface area (Å²) in [7, 11) is 4.43. The quantitative estimate of drug-likeness (QED) is 0.782. The van der Waals surface area contributed by atoms with Crippen molar-refractivity contribution < 1.29 is 4.74 Å². The number of nitrogens with zero attached hydrogens (tertiary/aromatic N) is 2. The Morgan fingerprint density at radius 3 is 2.67 bits per heavy atom. The molecule has 2 aliphatic heterocycles. The topological polar surface area (TPSA) is 41.7 Å². The van der Waals surface area contributed by atoms with E-state index >= 15 is 0 Å². The third-order valence-corrected chi connectivity index (χ3v) is 4.50. The number of nitrogens with two attached hydrogens (primary N) is 1. The first-order valence-corrected chi connectivity index (χ1v) is 7.35. The van der Waals surface area contributed by atoms with Crippen molar-refractivity contribution in [2.45, 2.75) is 25.3 Å². The molecule has 0 bridgehead atoms. The van der Waals surface area contributed by atoms with Crippen molar-refractivity contribution in [3.8, 4) is 0 Å². The molecule has 2 heterocycles. The highest BCUT2D eigenvalue weighted by molar-refractivity contribution is 4.80. The van der Waals surface area contributed by atoms with Crippen molar-refractivity contribution in [3.05, 3.63) is 0 Å². The first-order chi connectivity index (χ1) is 8.65. The molecule has 4 nitrogen and oxygen atoms in total. The van der Waals surface area contributed by atoms with Crippen molar-refractivity contribution in [1.29, 1.82) is 0 Å². The summed E-state index contributed by atoms with van der Waals surface area (Å²) in [6.45, 7) is 6.48. The Morgan fingerprint density at radius 2 is 2.06 bits per heavy atom. The minimum atomic E-state index is 0.281. The predicted molar refractivity (Wildman–Crippen MR) is 74.6 cm³/mol. The number of ether oxygens (including phenoxy) is 1. The van der Waals surface area contributed by atoms with Crippen molar-refractivity contribution >= 4 is 0 Å². The fourth-order valence-corrected chi connectivity index (χ4v) is 3.16. The van der Waals surface area contributed by atoms with Crippen LogP contribution in [-0.2, 0) is 4.74 Å². The first kappa shape index (κ1) is 14.3. The molecule has 4 heteroatoms.